The van der Waals surface area contributed by atoms with Gasteiger partial charge >= 0.3 is 11.9 Å². The zero-order valence-corrected chi connectivity index (χ0v) is 16.6. The van der Waals surface area contributed by atoms with E-state index in [1.807, 2.05) is 0 Å². The van der Waals surface area contributed by atoms with Crippen LogP contribution in [0.3, 0.4) is 0 Å². The molecule has 0 aromatic rings. The molecule has 1 rings (SSSR count). The number of carbonyl (C=O) groups is 2. The van der Waals surface area contributed by atoms with E-state index in [0.29, 0.717) is 0 Å². The second kappa shape index (κ2) is 12.9. The summed E-state index contributed by atoms with van der Waals surface area (Å²) in [7, 11) is 0. The molecule has 1 atom stereocenters. The summed E-state index contributed by atoms with van der Waals surface area (Å²) in [6, 6.07) is 0. The standard InChI is InChI=1S/C21H36O5/c1-3-4-5-6-7-8-9-10-11-12-13-14-15-19-20(23)26-17-21(19,24)16-25-18(2)22/h15,24H,3-14,16-17H2,1-2H3/b19-15-. The van der Waals surface area contributed by atoms with Crippen molar-refractivity contribution in [2.45, 2.75) is 96.5 Å². The third-order valence-electron chi connectivity index (χ3n) is 4.83. The molecule has 1 saturated heterocycles. The highest BCUT2D eigenvalue weighted by Gasteiger charge is 2.45. The van der Waals surface area contributed by atoms with Crippen LogP contribution in [0, 0.1) is 0 Å². The molecule has 0 amide bonds. The topological polar surface area (TPSA) is 72.8 Å². The number of allylic oxidation sites excluding steroid dienone is 1. The fraction of sp³-hybridized carbons (Fsp3) is 0.810. The molecule has 1 unspecified atom stereocenters. The third kappa shape index (κ3) is 8.84. The van der Waals surface area contributed by atoms with Crippen molar-refractivity contribution in [1.29, 1.82) is 0 Å². The lowest BCUT2D eigenvalue weighted by molar-refractivity contribution is -0.147. The number of hydrogen-bond acceptors (Lipinski definition) is 5. The van der Waals surface area contributed by atoms with Crippen molar-refractivity contribution in [2.24, 2.45) is 0 Å². The van der Waals surface area contributed by atoms with Crippen molar-refractivity contribution in [2.75, 3.05) is 13.2 Å². The molecule has 0 aromatic carbocycles. The molecule has 0 saturated carbocycles. The Bertz CT molecular complexity index is 457. The van der Waals surface area contributed by atoms with Gasteiger partial charge in [0, 0.05) is 6.92 Å². The van der Waals surface area contributed by atoms with Crippen molar-refractivity contribution in [3.8, 4) is 0 Å². The average molecular weight is 369 g/mol. The maximum absolute atomic E-state index is 11.8. The number of unbranched alkanes of at least 4 members (excludes halogenated alkanes) is 11. The van der Waals surface area contributed by atoms with Gasteiger partial charge in [-0.15, -0.1) is 0 Å². The van der Waals surface area contributed by atoms with Gasteiger partial charge in [0.2, 0.25) is 0 Å². The molecule has 0 radical (unpaired) electrons. The summed E-state index contributed by atoms with van der Waals surface area (Å²) in [4.78, 5) is 22.7. The molecule has 1 N–H and O–H groups in total. The minimum atomic E-state index is -1.50. The second-order valence-corrected chi connectivity index (χ2v) is 7.33. The first-order valence-corrected chi connectivity index (χ1v) is 10.2. The Hall–Kier alpha value is -1.36. The van der Waals surface area contributed by atoms with E-state index in [1.54, 1.807) is 6.08 Å². The Morgan fingerprint density at radius 1 is 1.08 bits per heavy atom. The number of rotatable bonds is 14. The van der Waals surface area contributed by atoms with Crippen molar-refractivity contribution >= 4 is 11.9 Å². The lowest BCUT2D eigenvalue weighted by Gasteiger charge is -2.19. The largest absolute Gasteiger partial charge is 0.462 e. The number of ether oxygens (including phenoxy) is 2. The van der Waals surface area contributed by atoms with Crippen molar-refractivity contribution in [3.05, 3.63) is 11.6 Å². The van der Waals surface area contributed by atoms with Crippen LogP contribution in [0.5, 0.6) is 0 Å². The third-order valence-corrected chi connectivity index (χ3v) is 4.83. The first-order chi connectivity index (χ1) is 12.5. The van der Waals surface area contributed by atoms with Crippen LogP contribution in [0.15, 0.2) is 11.6 Å². The number of esters is 2. The molecule has 1 aliphatic heterocycles. The predicted molar refractivity (Wildman–Crippen MR) is 102 cm³/mol. The highest BCUT2D eigenvalue weighted by atomic mass is 16.6. The Balaban J connectivity index is 2.14. The van der Waals surface area contributed by atoms with Crippen LogP contribution < -0.4 is 0 Å². The average Bonchev–Trinajstić information content (AvgIpc) is 2.89. The van der Waals surface area contributed by atoms with Gasteiger partial charge in [-0.05, 0) is 12.8 Å². The molecule has 5 heteroatoms. The summed E-state index contributed by atoms with van der Waals surface area (Å²) in [5.41, 5.74) is -1.27. The lowest BCUT2D eigenvalue weighted by atomic mass is 9.96. The van der Waals surface area contributed by atoms with E-state index in [4.69, 9.17) is 9.47 Å². The number of carbonyl (C=O) groups excluding carboxylic acids is 2. The van der Waals surface area contributed by atoms with E-state index in [2.05, 4.69) is 6.92 Å². The molecule has 0 bridgehead atoms. The highest BCUT2D eigenvalue weighted by Crippen LogP contribution is 2.27. The van der Waals surface area contributed by atoms with Gasteiger partial charge in [-0.25, -0.2) is 4.79 Å². The monoisotopic (exact) mass is 368 g/mol. The fourth-order valence-corrected chi connectivity index (χ4v) is 3.20. The molecule has 0 spiro atoms. The van der Waals surface area contributed by atoms with Crippen LogP contribution in [-0.4, -0.2) is 35.9 Å². The van der Waals surface area contributed by atoms with Crippen molar-refractivity contribution < 1.29 is 24.2 Å². The van der Waals surface area contributed by atoms with Gasteiger partial charge in [-0.3, -0.25) is 4.79 Å². The van der Waals surface area contributed by atoms with Crippen molar-refractivity contribution in [1.82, 2.24) is 0 Å². The summed E-state index contributed by atoms with van der Waals surface area (Å²) in [6.07, 6.45) is 16.5. The maximum Gasteiger partial charge on any atom is 0.337 e. The SMILES string of the molecule is CCCCCCCCCCCCC/C=C1/C(=O)OCC1(O)COC(C)=O. The van der Waals surface area contributed by atoms with E-state index < -0.39 is 17.5 Å². The molecule has 1 heterocycles. The molecular weight excluding hydrogens is 332 g/mol. The molecular formula is C21H36O5. The first kappa shape index (κ1) is 22.7. The van der Waals surface area contributed by atoms with Crippen LogP contribution in [-0.2, 0) is 19.1 Å². The molecule has 5 nitrogen and oxygen atoms in total. The molecule has 26 heavy (non-hydrogen) atoms. The Kier molecular flexibility index (Phi) is 11.3. The number of cyclic esters (lactones) is 1. The molecule has 150 valence electrons. The molecule has 1 aliphatic rings. The summed E-state index contributed by atoms with van der Waals surface area (Å²) < 4.78 is 9.78. The van der Waals surface area contributed by atoms with Gasteiger partial charge in [0.15, 0.2) is 5.60 Å². The Morgan fingerprint density at radius 2 is 1.62 bits per heavy atom. The predicted octanol–water partition coefficient (Wildman–Crippen LogP) is 4.46. The summed E-state index contributed by atoms with van der Waals surface area (Å²) >= 11 is 0. The molecule has 1 fully saturated rings. The van der Waals surface area contributed by atoms with E-state index in [1.165, 1.54) is 64.7 Å². The normalized spacial score (nSPS) is 21.2. The number of aliphatic hydroxyl groups is 1. The van der Waals surface area contributed by atoms with Crippen LogP contribution >= 0.6 is 0 Å². The minimum Gasteiger partial charge on any atom is -0.462 e. The fourth-order valence-electron chi connectivity index (χ4n) is 3.20. The second-order valence-electron chi connectivity index (χ2n) is 7.33. The summed E-state index contributed by atoms with van der Waals surface area (Å²) in [6.45, 7) is 3.13. The van der Waals surface area contributed by atoms with Gasteiger partial charge in [-0.1, -0.05) is 77.2 Å². The smallest absolute Gasteiger partial charge is 0.337 e. The summed E-state index contributed by atoms with van der Waals surface area (Å²) in [5.74, 6) is -0.995. The lowest BCUT2D eigenvalue weighted by Crippen LogP contribution is -2.38. The minimum absolute atomic E-state index is 0.150. The van der Waals surface area contributed by atoms with Gasteiger partial charge in [0.25, 0.3) is 0 Å². The molecule has 0 aromatic heterocycles. The number of hydrogen-bond donors (Lipinski definition) is 1. The van der Waals surface area contributed by atoms with Gasteiger partial charge in [0.1, 0.15) is 13.2 Å². The van der Waals surface area contributed by atoms with E-state index in [9.17, 15) is 14.7 Å². The molecule has 0 aliphatic carbocycles. The Morgan fingerprint density at radius 3 is 2.15 bits per heavy atom. The van der Waals surface area contributed by atoms with Crippen LogP contribution in [0.1, 0.15) is 90.9 Å². The summed E-state index contributed by atoms with van der Waals surface area (Å²) in [5, 5.41) is 10.5. The maximum atomic E-state index is 11.8. The zero-order chi connectivity index (χ0) is 19.3. The van der Waals surface area contributed by atoms with Crippen LogP contribution in [0.2, 0.25) is 0 Å². The first-order valence-electron chi connectivity index (χ1n) is 10.2. The van der Waals surface area contributed by atoms with Crippen molar-refractivity contribution in [3.63, 3.8) is 0 Å². The van der Waals surface area contributed by atoms with E-state index in [0.717, 1.165) is 19.3 Å². The van der Waals surface area contributed by atoms with Crippen LogP contribution in [0.25, 0.3) is 0 Å². The van der Waals surface area contributed by atoms with E-state index >= 15 is 0 Å². The van der Waals surface area contributed by atoms with Gasteiger partial charge < -0.3 is 14.6 Å². The van der Waals surface area contributed by atoms with Crippen LogP contribution in [0.4, 0.5) is 0 Å². The van der Waals surface area contributed by atoms with Gasteiger partial charge in [-0.2, -0.15) is 0 Å². The Labute approximate surface area is 158 Å². The highest BCUT2D eigenvalue weighted by molar-refractivity contribution is 5.93. The van der Waals surface area contributed by atoms with Gasteiger partial charge in [0.05, 0.1) is 5.57 Å². The zero-order valence-electron chi connectivity index (χ0n) is 16.6. The quantitative estimate of drug-likeness (QED) is 0.278. The van der Waals surface area contributed by atoms with E-state index in [-0.39, 0.29) is 18.8 Å².